The molecule has 0 aromatic rings. The summed E-state index contributed by atoms with van der Waals surface area (Å²) in [7, 11) is -4.70. The minimum Gasteiger partial charge on any atom is -0.480 e. The zero-order valence-corrected chi connectivity index (χ0v) is 35.5. The molecule has 1 unspecified atom stereocenters. The first-order chi connectivity index (χ1) is 26.1. The summed E-state index contributed by atoms with van der Waals surface area (Å²) in [5.74, 6) is -2.36. The molecule has 0 aliphatic rings. The van der Waals surface area contributed by atoms with Crippen molar-refractivity contribution >= 4 is 25.7 Å². The molecule has 0 aliphatic carbocycles. The van der Waals surface area contributed by atoms with Crippen molar-refractivity contribution in [2.24, 2.45) is 5.73 Å². The van der Waals surface area contributed by atoms with Crippen molar-refractivity contribution in [2.75, 3.05) is 19.8 Å². The van der Waals surface area contributed by atoms with Crippen molar-refractivity contribution < 1.29 is 47.5 Å². The molecule has 0 bridgehead atoms. The normalized spacial score (nSPS) is 13.7. The number of nitrogens with two attached hydrogens (primary N) is 1. The van der Waals surface area contributed by atoms with Crippen LogP contribution in [-0.2, 0) is 37.5 Å². The van der Waals surface area contributed by atoms with Crippen LogP contribution in [0.5, 0.6) is 0 Å². The highest BCUT2D eigenvalue weighted by molar-refractivity contribution is 7.47. The number of phosphoric ester groups is 1. The highest BCUT2D eigenvalue weighted by Gasteiger charge is 2.28. The first-order valence-corrected chi connectivity index (χ1v) is 23.6. The Morgan fingerprint density at radius 1 is 0.500 bits per heavy atom. The van der Waals surface area contributed by atoms with Gasteiger partial charge in [0, 0.05) is 12.8 Å². The molecular formula is C42H82NO10P. The molecule has 11 nitrogen and oxygen atoms in total. The molecule has 0 heterocycles. The molecule has 0 radical (unpaired) electrons. The van der Waals surface area contributed by atoms with Gasteiger partial charge in [0.2, 0.25) is 0 Å². The highest BCUT2D eigenvalue weighted by atomic mass is 31.2. The number of hydrogen-bond acceptors (Lipinski definition) is 9. The van der Waals surface area contributed by atoms with Gasteiger partial charge in [0.15, 0.2) is 6.10 Å². The number of unbranched alkanes of at least 4 members (excludes halogenated alkanes) is 28. The number of aliphatic carboxylic acids is 1. The topological polar surface area (TPSA) is 172 Å². The van der Waals surface area contributed by atoms with Crippen molar-refractivity contribution in [1.29, 1.82) is 0 Å². The third-order valence-corrected chi connectivity index (χ3v) is 10.8. The van der Waals surface area contributed by atoms with Crippen molar-refractivity contribution in [3.05, 3.63) is 0 Å². The standard InChI is InChI=1S/C42H82NO10P/c1-3-5-7-9-11-13-15-17-18-19-20-21-22-24-25-27-29-31-33-40(44)50-35-38(36-51-54(48,49)52-37-39(43)42(46)47)53-41(45)34-32-30-28-26-23-16-14-12-10-8-6-4-2/h38-39H,3-37,43H2,1-2H3,(H,46,47)(H,48,49)/t38-,39+/m1/s1. The Labute approximate surface area is 329 Å². The van der Waals surface area contributed by atoms with E-state index in [9.17, 15) is 23.8 Å². The fraction of sp³-hybridized carbons (Fsp3) is 0.929. The van der Waals surface area contributed by atoms with E-state index in [-0.39, 0.29) is 19.4 Å². The number of rotatable bonds is 42. The number of carboxylic acid groups (broad SMARTS) is 1. The predicted molar refractivity (Wildman–Crippen MR) is 217 cm³/mol. The molecule has 320 valence electrons. The van der Waals surface area contributed by atoms with Gasteiger partial charge in [-0.3, -0.25) is 23.4 Å². The predicted octanol–water partition coefficient (Wildman–Crippen LogP) is 11.5. The second-order valence-corrected chi connectivity index (χ2v) is 16.7. The highest BCUT2D eigenvalue weighted by Crippen LogP contribution is 2.43. The number of esters is 2. The molecule has 0 saturated heterocycles. The van der Waals surface area contributed by atoms with Gasteiger partial charge in [-0.05, 0) is 12.8 Å². The van der Waals surface area contributed by atoms with Crippen LogP contribution >= 0.6 is 7.82 Å². The van der Waals surface area contributed by atoms with Gasteiger partial charge in [-0.15, -0.1) is 0 Å². The number of carboxylic acids is 1. The number of hydrogen-bond donors (Lipinski definition) is 3. The van der Waals surface area contributed by atoms with Gasteiger partial charge in [0.05, 0.1) is 13.2 Å². The third kappa shape index (κ3) is 37.4. The van der Waals surface area contributed by atoms with Crippen LogP contribution in [-0.4, -0.2) is 59.9 Å². The van der Waals surface area contributed by atoms with E-state index in [1.165, 1.54) is 141 Å². The molecule has 0 aromatic carbocycles. The molecule has 12 heteroatoms. The van der Waals surface area contributed by atoms with E-state index in [4.69, 9.17) is 24.8 Å². The van der Waals surface area contributed by atoms with E-state index in [2.05, 4.69) is 18.4 Å². The van der Waals surface area contributed by atoms with Crippen molar-refractivity contribution in [1.82, 2.24) is 0 Å². The van der Waals surface area contributed by atoms with E-state index >= 15 is 0 Å². The Kier molecular flexibility index (Phi) is 37.3. The SMILES string of the molecule is CCCCCCCCCCCCCCCCCCCCC(=O)OC[C@H](COP(=O)(O)OC[C@H](N)C(=O)O)OC(=O)CCCCCCCCCCCCCC. The maximum atomic E-state index is 12.6. The number of carbonyl (C=O) groups excluding carboxylic acids is 2. The Hall–Kier alpha value is -1.52. The fourth-order valence-electron chi connectivity index (χ4n) is 6.36. The Morgan fingerprint density at radius 2 is 0.815 bits per heavy atom. The van der Waals surface area contributed by atoms with Crippen LogP contribution in [0, 0.1) is 0 Å². The van der Waals surface area contributed by atoms with Gasteiger partial charge >= 0.3 is 25.7 Å². The Bertz CT molecular complexity index is 937. The average molecular weight is 792 g/mol. The number of carbonyl (C=O) groups is 3. The molecule has 0 fully saturated rings. The van der Waals surface area contributed by atoms with Crippen LogP contribution < -0.4 is 5.73 Å². The summed E-state index contributed by atoms with van der Waals surface area (Å²) >= 11 is 0. The first-order valence-electron chi connectivity index (χ1n) is 22.1. The van der Waals surface area contributed by atoms with E-state index in [1.807, 2.05) is 0 Å². The summed E-state index contributed by atoms with van der Waals surface area (Å²) in [4.78, 5) is 45.9. The Morgan fingerprint density at radius 3 is 1.17 bits per heavy atom. The molecule has 4 N–H and O–H groups in total. The van der Waals surface area contributed by atoms with Crippen molar-refractivity contribution in [3.63, 3.8) is 0 Å². The first kappa shape index (κ1) is 52.5. The number of ether oxygens (including phenoxy) is 2. The van der Waals surface area contributed by atoms with Gasteiger partial charge in [-0.1, -0.05) is 194 Å². The maximum Gasteiger partial charge on any atom is 0.472 e. The molecule has 54 heavy (non-hydrogen) atoms. The van der Waals surface area contributed by atoms with Gasteiger partial charge in [0.25, 0.3) is 0 Å². The monoisotopic (exact) mass is 792 g/mol. The van der Waals surface area contributed by atoms with Crippen LogP contribution in [0.25, 0.3) is 0 Å². The quantitative estimate of drug-likeness (QED) is 0.0305. The molecule has 0 spiro atoms. The van der Waals surface area contributed by atoms with E-state index in [1.54, 1.807) is 0 Å². The summed E-state index contributed by atoms with van der Waals surface area (Å²) in [5, 5.41) is 8.88. The number of phosphoric acid groups is 1. The summed E-state index contributed by atoms with van der Waals surface area (Å²) < 4.78 is 32.7. The molecule has 0 saturated carbocycles. The van der Waals surface area contributed by atoms with Crippen LogP contribution in [0.4, 0.5) is 0 Å². The summed E-state index contributed by atoms with van der Waals surface area (Å²) in [6.45, 7) is 2.83. The third-order valence-electron chi connectivity index (χ3n) is 9.86. The Balaban J connectivity index is 4.26. The molecular weight excluding hydrogens is 709 g/mol. The van der Waals surface area contributed by atoms with Gasteiger partial charge in [-0.2, -0.15) is 0 Å². The lowest BCUT2D eigenvalue weighted by Crippen LogP contribution is -2.34. The molecule has 0 aliphatic heterocycles. The van der Waals surface area contributed by atoms with Crippen LogP contribution in [0.2, 0.25) is 0 Å². The van der Waals surface area contributed by atoms with Gasteiger partial charge < -0.3 is 25.2 Å². The van der Waals surface area contributed by atoms with Crippen LogP contribution in [0.1, 0.15) is 219 Å². The van der Waals surface area contributed by atoms with E-state index in [0.717, 1.165) is 38.5 Å². The molecule has 3 atom stereocenters. The smallest absolute Gasteiger partial charge is 0.472 e. The summed E-state index contributed by atoms with van der Waals surface area (Å²) in [6, 6.07) is -1.52. The summed E-state index contributed by atoms with van der Waals surface area (Å²) in [5.41, 5.74) is 5.33. The second-order valence-electron chi connectivity index (χ2n) is 15.2. The van der Waals surface area contributed by atoms with Crippen molar-refractivity contribution in [2.45, 2.75) is 231 Å². The minimum atomic E-state index is -4.70. The van der Waals surface area contributed by atoms with Crippen LogP contribution in [0.3, 0.4) is 0 Å². The van der Waals surface area contributed by atoms with E-state index in [0.29, 0.717) is 12.8 Å². The zero-order valence-electron chi connectivity index (χ0n) is 34.6. The lowest BCUT2D eigenvalue weighted by atomic mass is 10.0. The minimum absolute atomic E-state index is 0.169. The maximum absolute atomic E-state index is 12.6. The van der Waals surface area contributed by atoms with E-state index < -0.39 is 51.1 Å². The zero-order chi connectivity index (χ0) is 40.0. The van der Waals surface area contributed by atoms with Crippen molar-refractivity contribution in [3.8, 4) is 0 Å². The average Bonchev–Trinajstić information content (AvgIpc) is 3.14. The second kappa shape index (κ2) is 38.4. The van der Waals surface area contributed by atoms with Gasteiger partial charge in [0.1, 0.15) is 12.6 Å². The molecule has 0 rings (SSSR count). The molecule has 0 aromatic heterocycles. The largest absolute Gasteiger partial charge is 0.480 e. The van der Waals surface area contributed by atoms with Crippen LogP contribution in [0.15, 0.2) is 0 Å². The van der Waals surface area contributed by atoms with Gasteiger partial charge in [-0.25, -0.2) is 4.57 Å². The summed E-state index contributed by atoms with van der Waals surface area (Å²) in [6.07, 6.45) is 35.9. The lowest BCUT2D eigenvalue weighted by molar-refractivity contribution is -0.161. The fourth-order valence-corrected chi connectivity index (χ4v) is 7.14. The molecule has 0 amide bonds. The lowest BCUT2D eigenvalue weighted by Gasteiger charge is -2.20.